The second-order valence-electron chi connectivity index (χ2n) is 5.43. The fraction of sp³-hybridized carbons (Fsp3) is 0.312. The monoisotopic (exact) mass is 316 g/mol. The number of likely N-dealkylation sites (N-methyl/N-ethyl adjacent to an activating group) is 1. The number of carbonyl (C=O) groups excluding carboxylic acids is 1. The molecule has 1 heterocycles. The smallest absolute Gasteiger partial charge is 0.328 e. The first-order valence-corrected chi connectivity index (χ1v) is 7.25. The Hall–Kier alpha value is -2.67. The Balaban J connectivity index is 1.99. The number of nitrogens with one attached hydrogen (secondary N) is 2. The molecule has 2 rings (SSSR count). The van der Waals surface area contributed by atoms with Crippen LogP contribution in [0, 0.1) is 0 Å². The highest BCUT2D eigenvalue weighted by molar-refractivity contribution is 5.75. The Labute approximate surface area is 133 Å². The van der Waals surface area contributed by atoms with Gasteiger partial charge in [0.15, 0.2) is 0 Å². The van der Waals surface area contributed by atoms with Crippen molar-refractivity contribution in [3.05, 3.63) is 69.0 Å². The van der Waals surface area contributed by atoms with Gasteiger partial charge in [-0.2, -0.15) is 0 Å². The SMILES string of the molecule is CN(C)C(CNC(=O)Cn1ccc(=O)[nH]c1=O)c1ccccc1. The number of benzene rings is 1. The predicted octanol–water partition coefficient (Wildman–Crippen LogP) is -0.0443. The average Bonchev–Trinajstić information content (AvgIpc) is 2.51. The Morgan fingerprint density at radius 3 is 2.52 bits per heavy atom. The number of rotatable bonds is 6. The van der Waals surface area contributed by atoms with E-state index in [2.05, 4.69) is 10.3 Å². The molecule has 0 saturated heterocycles. The molecular weight excluding hydrogens is 296 g/mol. The van der Waals surface area contributed by atoms with Crippen molar-refractivity contribution in [3.63, 3.8) is 0 Å². The van der Waals surface area contributed by atoms with E-state index in [4.69, 9.17) is 0 Å². The van der Waals surface area contributed by atoms with Crippen LogP contribution in [0.4, 0.5) is 0 Å². The van der Waals surface area contributed by atoms with Crippen LogP contribution in [0.1, 0.15) is 11.6 Å². The van der Waals surface area contributed by atoms with Gasteiger partial charge < -0.3 is 10.2 Å². The molecule has 0 aliphatic heterocycles. The van der Waals surface area contributed by atoms with E-state index in [-0.39, 0.29) is 18.5 Å². The summed E-state index contributed by atoms with van der Waals surface area (Å²) in [6.07, 6.45) is 1.31. The first-order valence-electron chi connectivity index (χ1n) is 7.25. The van der Waals surface area contributed by atoms with Crippen LogP contribution in [0.15, 0.2) is 52.2 Å². The van der Waals surface area contributed by atoms with Crippen LogP contribution in [-0.2, 0) is 11.3 Å². The molecule has 0 saturated carbocycles. The van der Waals surface area contributed by atoms with Gasteiger partial charge in [-0.05, 0) is 19.7 Å². The van der Waals surface area contributed by atoms with Crippen molar-refractivity contribution in [3.8, 4) is 0 Å². The van der Waals surface area contributed by atoms with Crippen molar-refractivity contribution >= 4 is 5.91 Å². The molecule has 2 N–H and O–H groups in total. The van der Waals surface area contributed by atoms with E-state index in [9.17, 15) is 14.4 Å². The Morgan fingerprint density at radius 2 is 1.91 bits per heavy atom. The maximum Gasteiger partial charge on any atom is 0.328 e. The van der Waals surface area contributed by atoms with Crippen LogP contribution >= 0.6 is 0 Å². The molecule has 2 aromatic rings. The van der Waals surface area contributed by atoms with Gasteiger partial charge in [0.25, 0.3) is 5.56 Å². The number of amides is 1. The molecule has 7 heteroatoms. The van der Waals surface area contributed by atoms with Crippen LogP contribution in [-0.4, -0.2) is 41.0 Å². The first kappa shape index (κ1) is 16.7. The maximum absolute atomic E-state index is 12.0. The van der Waals surface area contributed by atoms with Gasteiger partial charge in [-0.3, -0.25) is 19.1 Å². The molecule has 122 valence electrons. The van der Waals surface area contributed by atoms with Gasteiger partial charge in [0.1, 0.15) is 6.54 Å². The predicted molar refractivity (Wildman–Crippen MR) is 87.2 cm³/mol. The molecule has 1 aromatic heterocycles. The summed E-state index contributed by atoms with van der Waals surface area (Å²) < 4.78 is 1.16. The Bertz CT molecular complexity index is 765. The minimum absolute atomic E-state index is 0.0347. The number of aromatic amines is 1. The summed E-state index contributed by atoms with van der Waals surface area (Å²) in [6.45, 7) is 0.290. The lowest BCUT2D eigenvalue weighted by molar-refractivity contribution is -0.121. The summed E-state index contributed by atoms with van der Waals surface area (Å²) in [4.78, 5) is 38.7. The largest absolute Gasteiger partial charge is 0.353 e. The minimum atomic E-state index is -0.597. The molecule has 0 fully saturated rings. The Kier molecular flexibility index (Phi) is 5.48. The standard InChI is InChI=1S/C16H20N4O3/c1-19(2)13(12-6-4-3-5-7-12)10-17-15(22)11-20-9-8-14(21)18-16(20)23/h3-9,13H,10-11H2,1-2H3,(H,17,22)(H,18,21,23). The zero-order chi connectivity index (χ0) is 16.8. The molecule has 1 unspecified atom stereocenters. The number of nitrogens with zero attached hydrogens (tertiary/aromatic N) is 2. The quantitative estimate of drug-likeness (QED) is 0.782. The lowest BCUT2D eigenvalue weighted by Crippen LogP contribution is -2.39. The third kappa shape index (κ3) is 4.65. The molecule has 0 bridgehead atoms. The highest BCUT2D eigenvalue weighted by atomic mass is 16.2. The van der Waals surface area contributed by atoms with Crippen molar-refractivity contribution in [1.82, 2.24) is 19.8 Å². The van der Waals surface area contributed by atoms with Gasteiger partial charge >= 0.3 is 5.69 Å². The fourth-order valence-electron chi connectivity index (χ4n) is 2.26. The summed E-state index contributed by atoms with van der Waals surface area (Å²) in [6, 6.07) is 11.1. The summed E-state index contributed by atoms with van der Waals surface area (Å²) in [7, 11) is 3.88. The second-order valence-corrected chi connectivity index (χ2v) is 5.43. The van der Waals surface area contributed by atoms with Gasteiger partial charge in [0, 0.05) is 18.8 Å². The summed E-state index contributed by atoms with van der Waals surface area (Å²) >= 11 is 0. The molecule has 1 aromatic carbocycles. The minimum Gasteiger partial charge on any atom is -0.353 e. The van der Waals surface area contributed by atoms with Crippen LogP contribution in [0.5, 0.6) is 0 Å². The van der Waals surface area contributed by atoms with E-state index in [1.54, 1.807) is 0 Å². The van der Waals surface area contributed by atoms with E-state index in [0.29, 0.717) is 6.54 Å². The lowest BCUT2D eigenvalue weighted by atomic mass is 10.1. The molecule has 1 atom stereocenters. The zero-order valence-electron chi connectivity index (χ0n) is 13.2. The summed E-state index contributed by atoms with van der Waals surface area (Å²) in [5.74, 6) is -0.290. The second kappa shape index (κ2) is 7.55. The topological polar surface area (TPSA) is 87.2 Å². The number of hydrogen-bond donors (Lipinski definition) is 2. The lowest BCUT2D eigenvalue weighted by Gasteiger charge is -2.25. The van der Waals surface area contributed by atoms with Crippen LogP contribution in [0.2, 0.25) is 0 Å². The third-order valence-corrected chi connectivity index (χ3v) is 3.51. The van der Waals surface area contributed by atoms with Gasteiger partial charge in [-0.1, -0.05) is 30.3 Å². The van der Waals surface area contributed by atoms with E-state index >= 15 is 0 Å². The number of aromatic nitrogens is 2. The zero-order valence-corrected chi connectivity index (χ0v) is 13.2. The van der Waals surface area contributed by atoms with Gasteiger partial charge in [0.05, 0.1) is 6.04 Å². The fourth-order valence-corrected chi connectivity index (χ4v) is 2.26. The first-order chi connectivity index (χ1) is 11.0. The van der Waals surface area contributed by atoms with E-state index < -0.39 is 11.2 Å². The summed E-state index contributed by atoms with van der Waals surface area (Å²) in [5, 5.41) is 2.82. The van der Waals surface area contributed by atoms with Crippen molar-refractivity contribution in [2.24, 2.45) is 0 Å². The highest BCUT2D eigenvalue weighted by Gasteiger charge is 2.15. The van der Waals surface area contributed by atoms with E-state index in [1.165, 1.54) is 12.3 Å². The van der Waals surface area contributed by atoms with E-state index in [0.717, 1.165) is 10.1 Å². The van der Waals surface area contributed by atoms with Crippen molar-refractivity contribution in [2.75, 3.05) is 20.6 Å². The maximum atomic E-state index is 12.0. The molecule has 1 amide bonds. The molecule has 0 radical (unpaired) electrons. The number of H-pyrrole nitrogens is 1. The van der Waals surface area contributed by atoms with Gasteiger partial charge in [-0.15, -0.1) is 0 Å². The average molecular weight is 316 g/mol. The van der Waals surface area contributed by atoms with Crippen LogP contribution < -0.4 is 16.6 Å². The normalized spacial score (nSPS) is 12.1. The van der Waals surface area contributed by atoms with Crippen LogP contribution in [0.25, 0.3) is 0 Å². The van der Waals surface area contributed by atoms with Crippen LogP contribution in [0.3, 0.4) is 0 Å². The molecule has 0 spiro atoms. The number of carbonyl (C=O) groups is 1. The molecule has 23 heavy (non-hydrogen) atoms. The van der Waals surface area contributed by atoms with Crippen molar-refractivity contribution in [1.29, 1.82) is 0 Å². The Morgan fingerprint density at radius 1 is 1.22 bits per heavy atom. The molecule has 0 aliphatic carbocycles. The van der Waals surface area contributed by atoms with Gasteiger partial charge in [-0.25, -0.2) is 4.79 Å². The van der Waals surface area contributed by atoms with Gasteiger partial charge in [0.2, 0.25) is 5.91 Å². The van der Waals surface area contributed by atoms with Crippen molar-refractivity contribution < 1.29 is 4.79 Å². The number of hydrogen-bond acceptors (Lipinski definition) is 4. The third-order valence-electron chi connectivity index (χ3n) is 3.51. The van der Waals surface area contributed by atoms with Crippen molar-refractivity contribution in [2.45, 2.75) is 12.6 Å². The molecule has 7 nitrogen and oxygen atoms in total. The summed E-state index contributed by atoms with van der Waals surface area (Å²) in [5.41, 5.74) is 0.0160. The van der Waals surface area contributed by atoms with E-state index in [1.807, 2.05) is 49.3 Å². The highest BCUT2D eigenvalue weighted by Crippen LogP contribution is 2.16. The molecule has 0 aliphatic rings. The molecular formula is C16H20N4O3.